The summed E-state index contributed by atoms with van der Waals surface area (Å²) in [6.45, 7) is 3.94. The van der Waals surface area contributed by atoms with Gasteiger partial charge >= 0.3 is 6.03 Å². The molecule has 3 aromatic carbocycles. The van der Waals surface area contributed by atoms with Gasteiger partial charge in [-0.25, -0.2) is 13.2 Å². The molecule has 3 aromatic rings. The van der Waals surface area contributed by atoms with Crippen LogP contribution in [-0.2, 0) is 27.8 Å². The van der Waals surface area contributed by atoms with E-state index < -0.39 is 16.1 Å². The molecule has 0 radical (unpaired) electrons. The molecule has 1 aliphatic rings. The van der Waals surface area contributed by atoms with E-state index >= 15 is 0 Å². The van der Waals surface area contributed by atoms with Crippen LogP contribution in [0.5, 0.6) is 0 Å². The number of urea groups is 1. The third kappa shape index (κ3) is 4.47. The summed E-state index contributed by atoms with van der Waals surface area (Å²) in [6.07, 6.45) is 0.692. The Bertz CT molecular complexity index is 1300. The number of benzene rings is 3. The van der Waals surface area contributed by atoms with Crippen molar-refractivity contribution in [3.8, 4) is 0 Å². The highest BCUT2D eigenvalue weighted by atomic mass is 32.2. The summed E-state index contributed by atoms with van der Waals surface area (Å²) in [5, 5.41) is 2.81. The van der Waals surface area contributed by atoms with Gasteiger partial charge in [0.1, 0.15) is 11.4 Å². The number of hydrogen-bond acceptors (Lipinski definition) is 4. The van der Waals surface area contributed by atoms with Crippen LogP contribution in [0.1, 0.15) is 23.6 Å². The van der Waals surface area contributed by atoms with Gasteiger partial charge in [-0.15, -0.1) is 0 Å². The van der Waals surface area contributed by atoms with Gasteiger partial charge in [0.15, 0.2) is 0 Å². The number of sulfonamides is 1. The number of fused-ring (bicyclic) bond motifs is 1. The van der Waals surface area contributed by atoms with Crippen molar-refractivity contribution in [3.63, 3.8) is 0 Å². The Labute approximate surface area is 193 Å². The topological polar surface area (TPSA) is 86.8 Å². The lowest BCUT2D eigenvalue weighted by molar-refractivity contribution is -0.119. The van der Waals surface area contributed by atoms with Gasteiger partial charge in [0, 0.05) is 6.54 Å². The maximum Gasteiger partial charge on any atom is 0.343 e. The standard InChI is InChI=1S/C25H25N3O4S/c1-3-19-7-6-8-21(15-19)28-25(30)27(22-9-4-5-10-23(22)33(28,31)32)17-24(29)26-16-20-13-11-18(2)12-14-20/h4-15H,3,16-17H2,1-2H3,(H,26,29). The molecule has 0 spiro atoms. The van der Waals surface area contributed by atoms with Crippen molar-refractivity contribution < 1.29 is 18.0 Å². The quantitative estimate of drug-likeness (QED) is 0.598. The van der Waals surface area contributed by atoms with E-state index in [4.69, 9.17) is 0 Å². The van der Waals surface area contributed by atoms with Crippen LogP contribution in [0.25, 0.3) is 0 Å². The molecule has 33 heavy (non-hydrogen) atoms. The Morgan fingerprint density at radius 1 is 0.939 bits per heavy atom. The van der Waals surface area contributed by atoms with Crippen molar-refractivity contribution in [2.75, 3.05) is 15.7 Å². The Kier molecular flexibility index (Phi) is 6.20. The van der Waals surface area contributed by atoms with Crippen LogP contribution in [0.3, 0.4) is 0 Å². The first-order valence-corrected chi connectivity index (χ1v) is 12.1. The van der Waals surface area contributed by atoms with Crippen LogP contribution in [-0.4, -0.2) is 26.9 Å². The lowest BCUT2D eigenvalue weighted by Gasteiger charge is -2.36. The van der Waals surface area contributed by atoms with E-state index in [1.807, 2.05) is 44.2 Å². The molecular formula is C25H25N3O4S. The molecule has 1 heterocycles. The number of amides is 3. The molecule has 0 saturated heterocycles. The summed E-state index contributed by atoms with van der Waals surface area (Å²) in [7, 11) is -4.13. The Balaban J connectivity index is 1.64. The van der Waals surface area contributed by atoms with Crippen LogP contribution >= 0.6 is 0 Å². The third-order valence-corrected chi connectivity index (χ3v) is 7.29. The number of anilines is 2. The lowest BCUT2D eigenvalue weighted by atomic mass is 10.1. The molecule has 1 N–H and O–H groups in total. The van der Waals surface area contributed by atoms with E-state index in [0.717, 1.165) is 21.0 Å². The van der Waals surface area contributed by atoms with Crippen molar-refractivity contribution in [2.45, 2.75) is 31.7 Å². The van der Waals surface area contributed by atoms with Gasteiger partial charge in [0.05, 0.1) is 11.4 Å². The Morgan fingerprint density at radius 2 is 1.67 bits per heavy atom. The number of carbonyl (C=O) groups excluding carboxylic acids is 2. The third-order valence-electron chi connectivity index (χ3n) is 5.54. The minimum absolute atomic E-state index is 0.0159. The average molecular weight is 464 g/mol. The van der Waals surface area contributed by atoms with E-state index in [0.29, 0.717) is 13.0 Å². The second-order valence-corrected chi connectivity index (χ2v) is 9.65. The summed E-state index contributed by atoms with van der Waals surface area (Å²) >= 11 is 0. The number of rotatable bonds is 6. The van der Waals surface area contributed by atoms with Gasteiger partial charge in [-0.1, -0.05) is 61.0 Å². The molecule has 1 aliphatic heterocycles. The highest BCUT2D eigenvalue weighted by Gasteiger charge is 2.43. The SMILES string of the molecule is CCc1cccc(N2C(=O)N(CC(=O)NCc3ccc(C)cc3)c3ccccc3S2(=O)=O)c1. The van der Waals surface area contributed by atoms with E-state index in [2.05, 4.69) is 5.32 Å². The second kappa shape index (κ2) is 9.07. The first-order valence-electron chi connectivity index (χ1n) is 10.7. The highest BCUT2D eigenvalue weighted by molar-refractivity contribution is 7.94. The monoisotopic (exact) mass is 463 g/mol. The van der Waals surface area contributed by atoms with Gasteiger partial charge in [0.25, 0.3) is 10.0 Å². The van der Waals surface area contributed by atoms with Crippen molar-refractivity contribution in [3.05, 3.63) is 89.5 Å². The predicted molar refractivity (Wildman–Crippen MR) is 128 cm³/mol. The number of para-hydroxylation sites is 1. The fourth-order valence-electron chi connectivity index (χ4n) is 3.72. The highest BCUT2D eigenvalue weighted by Crippen LogP contribution is 2.37. The summed E-state index contributed by atoms with van der Waals surface area (Å²) in [5.74, 6) is -0.389. The maximum atomic E-state index is 13.4. The minimum Gasteiger partial charge on any atom is -0.350 e. The molecule has 8 heteroatoms. The van der Waals surface area contributed by atoms with Crippen LogP contribution in [0.2, 0.25) is 0 Å². The zero-order chi connectivity index (χ0) is 23.6. The average Bonchev–Trinajstić information content (AvgIpc) is 2.81. The fraction of sp³-hybridized carbons (Fsp3) is 0.200. The summed E-state index contributed by atoms with van der Waals surface area (Å²) < 4.78 is 27.5. The number of aryl methyl sites for hydroxylation is 2. The van der Waals surface area contributed by atoms with E-state index in [1.54, 1.807) is 30.3 Å². The van der Waals surface area contributed by atoms with Crippen molar-refractivity contribution in [1.29, 1.82) is 0 Å². The number of hydrogen-bond donors (Lipinski definition) is 1. The molecule has 3 amide bonds. The minimum atomic E-state index is -4.13. The van der Waals surface area contributed by atoms with E-state index in [1.165, 1.54) is 17.0 Å². The summed E-state index contributed by atoms with van der Waals surface area (Å²) in [5.41, 5.74) is 3.39. The molecule has 0 unspecified atom stereocenters. The zero-order valence-corrected chi connectivity index (χ0v) is 19.3. The summed E-state index contributed by atoms with van der Waals surface area (Å²) in [6, 6.07) is 20.1. The molecule has 170 valence electrons. The smallest absolute Gasteiger partial charge is 0.343 e. The molecular weight excluding hydrogens is 438 g/mol. The van der Waals surface area contributed by atoms with Gasteiger partial charge in [-0.2, -0.15) is 4.31 Å². The van der Waals surface area contributed by atoms with Gasteiger partial charge in [-0.3, -0.25) is 9.69 Å². The number of carbonyl (C=O) groups is 2. The normalized spacial score (nSPS) is 14.7. The van der Waals surface area contributed by atoms with Gasteiger partial charge in [-0.05, 0) is 48.7 Å². The van der Waals surface area contributed by atoms with Crippen LogP contribution in [0.15, 0.2) is 77.7 Å². The van der Waals surface area contributed by atoms with Crippen LogP contribution in [0.4, 0.5) is 16.2 Å². The Hall–Kier alpha value is -3.65. The number of nitrogens with zero attached hydrogens (tertiary/aromatic N) is 2. The second-order valence-electron chi connectivity index (χ2n) is 7.89. The van der Waals surface area contributed by atoms with Gasteiger partial charge < -0.3 is 5.32 Å². The first kappa shape index (κ1) is 22.5. The molecule has 0 aliphatic carbocycles. The first-order chi connectivity index (χ1) is 15.8. The molecule has 0 bridgehead atoms. The molecule has 4 rings (SSSR count). The van der Waals surface area contributed by atoms with Crippen LogP contribution in [0, 0.1) is 6.92 Å². The molecule has 0 aromatic heterocycles. The molecule has 0 atom stereocenters. The largest absolute Gasteiger partial charge is 0.350 e. The zero-order valence-electron chi connectivity index (χ0n) is 18.5. The Morgan fingerprint density at radius 3 is 2.39 bits per heavy atom. The molecule has 7 nitrogen and oxygen atoms in total. The van der Waals surface area contributed by atoms with Crippen LogP contribution < -0.4 is 14.5 Å². The van der Waals surface area contributed by atoms with Gasteiger partial charge in [0.2, 0.25) is 5.91 Å². The maximum absolute atomic E-state index is 13.4. The predicted octanol–water partition coefficient (Wildman–Crippen LogP) is 4.01. The lowest BCUT2D eigenvalue weighted by Crippen LogP contribution is -2.53. The van der Waals surface area contributed by atoms with Crippen molar-refractivity contribution >= 4 is 33.3 Å². The molecule has 0 fully saturated rings. The van der Waals surface area contributed by atoms with E-state index in [9.17, 15) is 18.0 Å². The van der Waals surface area contributed by atoms with Crippen molar-refractivity contribution in [1.82, 2.24) is 5.32 Å². The number of nitrogens with one attached hydrogen (secondary N) is 1. The fourth-order valence-corrected chi connectivity index (χ4v) is 5.31. The summed E-state index contributed by atoms with van der Waals surface area (Å²) in [4.78, 5) is 27.4. The molecule has 0 saturated carbocycles. The van der Waals surface area contributed by atoms with Crippen molar-refractivity contribution in [2.24, 2.45) is 0 Å². The van der Waals surface area contributed by atoms with E-state index in [-0.39, 0.29) is 28.7 Å².